The number of ketones is 3. The molecule has 0 radical (unpaired) electrons. The molecule has 1 saturated heterocycles. The third kappa shape index (κ3) is 7.41. The highest BCUT2D eigenvalue weighted by molar-refractivity contribution is 5.98. The molecule has 0 aliphatic carbocycles. The topological polar surface area (TPSA) is 60.4 Å². The van der Waals surface area contributed by atoms with Crippen molar-refractivity contribution in [3.05, 3.63) is 106 Å². The van der Waals surface area contributed by atoms with Gasteiger partial charge in [0, 0.05) is 23.8 Å². The van der Waals surface area contributed by atoms with Gasteiger partial charge in [-0.05, 0) is 87.6 Å². The number of benzene rings is 3. The molecule has 4 heteroatoms. The minimum atomic E-state index is -0.736. The quantitative estimate of drug-likeness (QED) is 0.192. The second-order valence-corrected chi connectivity index (χ2v) is 13.2. The minimum absolute atomic E-state index is 0.0318. The van der Waals surface area contributed by atoms with E-state index in [1.807, 2.05) is 83.1 Å². The van der Waals surface area contributed by atoms with Gasteiger partial charge in [0.15, 0.2) is 5.78 Å². The highest BCUT2D eigenvalue weighted by Gasteiger charge is 2.52. The van der Waals surface area contributed by atoms with Crippen LogP contribution in [0, 0.1) is 50.4 Å². The summed E-state index contributed by atoms with van der Waals surface area (Å²) in [7, 11) is 0. The molecule has 0 N–H and O–H groups in total. The molecular weight excluding hydrogens is 532 g/mol. The Morgan fingerprint density at radius 2 is 1.49 bits per heavy atom. The molecule has 1 aliphatic heterocycles. The second-order valence-electron chi connectivity index (χ2n) is 13.2. The van der Waals surface area contributed by atoms with Crippen molar-refractivity contribution < 1.29 is 19.1 Å². The smallest absolute Gasteiger partial charge is 0.163 e. The highest BCUT2D eigenvalue weighted by Crippen LogP contribution is 2.42. The zero-order valence-electron chi connectivity index (χ0n) is 27.0. The molecule has 1 aliphatic rings. The normalized spacial score (nSPS) is 19.9. The highest BCUT2D eigenvalue weighted by atomic mass is 16.5. The van der Waals surface area contributed by atoms with Crippen LogP contribution in [-0.2, 0) is 27.2 Å². The minimum Gasteiger partial charge on any atom is -0.374 e. The summed E-state index contributed by atoms with van der Waals surface area (Å²) >= 11 is 0. The molecule has 0 bridgehead atoms. The van der Waals surface area contributed by atoms with E-state index in [4.69, 9.17) is 4.74 Å². The third-order valence-corrected chi connectivity index (χ3v) is 9.93. The Hall–Kier alpha value is -3.37. The van der Waals surface area contributed by atoms with Crippen LogP contribution in [0.5, 0.6) is 0 Å². The van der Waals surface area contributed by atoms with Gasteiger partial charge in [-0.1, -0.05) is 86.6 Å². The first-order valence-corrected chi connectivity index (χ1v) is 15.8. The maximum Gasteiger partial charge on any atom is 0.163 e. The SMILES string of the molecule is CCC(Cc1ccccc1C)C(=O)C1C(C(=O)C(C)C(CC(=O)c2cccc(C)c2C)Cc2ccccc2)COC1(C)C. The first-order chi connectivity index (χ1) is 20.4. The Labute approximate surface area is 258 Å². The molecule has 228 valence electrons. The van der Waals surface area contributed by atoms with Crippen LogP contribution in [0.2, 0.25) is 0 Å². The van der Waals surface area contributed by atoms with Gasteiger partial charge in [0.1, 0.15) is 11.6 Å². The maximum absolute atomic E-state index is 14.4. The van der Waals surface area contributed by atoms with Gasteiger partial charge >= 0.3 is 0 Å². The summed E-state index contributed by atoms with van der Waals surface area (Å²) in [5, 5.41) is 0. The lowest BCUT2D eigenvalue weighted by Crippen LogP contribution is -2.44. The average Bonchev–Trinajstić information content (AvgIpc) is 3.31. The molecule has 1 heterocycles. The third-order valence-electron chi connectivity index (χ3n) is 9.93. The van der Waals surface area contributed by atoms with Crippen molar-refractivity contribution in [3.63, 3.8) is 0 Å². The van der Waals surface area contributed by atoms with E-state index in [0.717, 1.165) is 22.3 Å². The van der Waals surface area contributed by atoms with Crippen LogP contribution < -0.4 is 0 Å². The fourth-order valence-electron chi connectivity index (χ4n) is 6.88. The van der Waals surface area contributed by atoms with Crippen LogP contribution in [-0.4, -0.2) is 29.6 Å². The lowest BCUT2D eigenvalue weighted by Gasteiger charge is -2.32. The number of Topliss-reactive ketones (excluding diaryl/α,β-unsaturated/α-hetero) is 3. The van der Waals surface area contributed by atoms with Crippen molar-refractivity contribution in [1.82, 2.24) is 0 Å². The molecule has 4 nitrogen and oxygen atoms in total. The van der Waals surface area contributed by atoms with Crippen LogP contribution in [0.3, 0.4) is 0 Å². The van der Waals surface area contributed by atoms with Crippen molar-refractivity contribution >= 4 is 17.3 Å². The van der Waals surface area contributed by atoms with E-state index in [2.05, 4.69) is 38.1 Å². The fraction of sp³-hybridized carbons (Fsp3) is 0.462. The van der Waals surface area contributed by atoms with Crippen molar-refractivity contribution in [2.75, 3.05) is 6.61 Å². The summed E-state index contributed by atoms with van der Waals surface area (Å²) in [6.07, 6.45) is 2.25. The van der Waals surface area contributed by atoms with Gasteiger partial charge in [0.25, 0.3) is 0 Å². The van der Waals surface area contributed by atoms with Crippen LogP contribution in [0.15, 0.2) is 72.8 Å². The molecule has 0 saturated carbocycles. The van der Waals surface area contributed by atoms with Gasteiger partial charge in [0.2, 0.25) is 0 Å². The fourth-order valence-corrected chi connectivity index (χ4v) is 6.88. The van der Waals surface area contributed by atoms with Crippen LogP contribution >= 0.6 is 0 Å². The average molecular weight is 581 g/mol. The lowest BCUT2D eigenvalue weighted by molar-refractivity contribution is -0.138. The van der Waals surface area contributed by atoms with Gasteiger partial charge in [0.05, 0.1) is 24.0 Å². The zero-order chi connectivity index (χ0) is 31.3. The monoisotopic (exact) mass is 580 g/mol. The second kappa shape index (κ2) is 13.9. The zero-order valence-corrected chi connectivity index (χ0v) is 27.0. The van der Waals surface area contributed by atoms with Gasteiger partial charge < -0.3 is 4.74 Å². The Morgan fingerprint density at radius 1 is 0.837 bits per heavy atom. The number of carbonyl (C=O) groups excluding carboxylic acids is 3. The summed E-state index contributed by atoms with van der Waals surface area (Å²) in [6.45, 7) is 14.2. The molecule has 5 atom stereocenters. The van der Waals surface area contributed by atoms with Crippen LogP contribution in [0.4, 0.5) is 0 Å². The summed E-state index contributed by atoms with van der Waals surface area (Å²) in [5.41, 5.74) is 5.49. The summed E-state index contributed by atoms with van der Waals surface area (Å²) in [6, 6.07) is 24.1. The Kier molecular flexibility index (Phi) is 10.6. The molecule has 3 aromatic carbocycles. The molecule has 3 aromatic rings. The van der Waals surface area contributed by atoms with Crippen molar-refractivity contribution in [1.29, 1.82) is 0 Å². The predicted octanol–water partition coefficient (Wildman–Crippen LogP) is 8.13. The van der Waals surface area contributed by atoms with Crippen molar-refractivity contribution in [3.8, 4) is 0 Å². The summed E-state index contributed by atoms with van der Waals surface area (Å²) < 4.78 is 6.20. The number of hydrogen-bond donors (Lipinski definition) is 0. The molecule has 43 heavy (non-hydrogen) atoms. The van der Waals surface area contributed by atoms with Crippen LogP contribution in [0.1, 0.15) is 78.7 Å². The van der Waals surface area contributed by atoms with E-state index < -0.39 is 23.4 Å². The van der Waals surface area contributed by atoms with Crippen molar-refractivity contribution in [2.45, 2.75) is 79.8 Å². The van der Waals surface area contributed by atoms with E-state index in [9.17, 15) is 14.4 Å². The largest absolute Gasteiger partial charge is 0.374 e. The molecule has 1 fully saturated rings. The van der Waals surface area contributed by atoms with Crippen molar-refractivity contribution in [2.24, 2.45) is 29.6 Å². The predicted molar refractivity (Wildman–Crippen MR) is 173 cm³/mol. The van der Waals surface area contributed by atoms with E-state index in [-0.39, 0.29) is 42.2 Å². The van der Waals surface area contributed by atoms with Gasteiger partial charge in [-0.15, -0.1) is 0 Å². The molecule has 0 amide bonds. The lowest BCUT2D eigenvalue weighted by atomic mass is 9.69. The number of rotatable bonds is 13. The molecule has 5 unspecified atom stereocenters. The Morgan fingerprint density at radius 3 is 2.16 bits per heavy atom. The van der Waals surface area contributed by atoms with E-state index in [0.29, 0.717) is 19.3 Å². The first-order valence-electron chi connectivity index (χ1n) is 15.8. The Balaban J connectivity index is 1.61. The number of carbonyl (C=O) groups is 3. The van der Waals surface area contributed by atoms with Gasteiger partial charge in [-0.25, -0.2) is 0 Å². The van der Waals surface area contributed by atoms with E-state index >= 15 is 0 Å². The Bertz CT molecular complexity index is 1440. The molecule has 4 rings (SSSR count). The molecule has 0 aromatic heterocycles. The number of hydrogen-bond acceptors (Lipinski definition) is 4. The van der Waals surface area contributed by atoms with Gasteiger partial charge in [-0.3, -0.25) is 14.4 Å². The molecular formula is C39H48O4. The standard InChI is InChI=1S/C39H48O4/c1-8-30(22-31-19-13-12-15-26(31)3)38(42)36-34(24-43-39(36,6)7)37(41)28(5)32(21-29-17-10-9-11-18-29)23-35(40)33-20-14-16-25(2)27(33)4/h9-20,28,30,32,34,36H,8,21-24H2,1-7H3. The summed E-state index contributed by atoms with van der Waals surface area (Å²) in [5.74, 6) is -1.65. The maximum atomic E-state index is 14.4. The van der Waals surface area contributed by atoms with E-state index in [1.54, 1.807) is 0 Å². The van der Waals surface area contributed by atoms with E-state index in [1.165, 1.54) is 11.1 Å². The number of aryl methyl sites for hydroxylation is 2. The van der Waals surface area contributed by atoms with Gasteiger partial charge in [-0.2, -0.15) is 0 Å². The first kappa shape index (κ1) is 32.5. The summed E-state index contributed by atoms with van der Waals surface area (Å²) in [4.78, 5) is 42.3. The van der Waals surface area contributed by atoms with Crippen LogP contribution in [0.25, 0.3) is 0 Å². The number of ether oxygens (including phenoxy) is 1. The molecule has 0 spiro atoms.